The molecule has 0 spiro atoms. The monoisotopic (exact) mass is 370 g/mol. The van der Waals surface area contributed by atoms with Crippen LogP contribution in [0.4, 0.5) is 8.78 Å². The lowest BCUT2D eigenvalue weighted by molar-refractivity contribution is 0.407. The molecule has 138 valence electrons. The molecule has 1 aromatic carbocycles. The zero-order valence-corrected chi connectivity index (χ0v) is 14.3. The first-order chi connectivity index (χ1) is 12.9. The fourth-order valence-corrected chi connectivity index (χ4v) is 2.95. The molecule has 7 nitrogen and oxygen atoms in total. The Kier molecular flexibility index (Phi) is 3.81. The molecule has 0 aliphatic carbocycles. The normalized spacial score (nSPS) is 19.0. The molecule has 4 rings (SSSR count). The third kappa shape index (κ3) is 2.87. The number of halogens is 2. The van der Waals surface area contributed by atoms with Crippen molar-refractivity contribution >= 4 is 17.0 Å². The topological polar surface area (TPSA) is 114 Å². The summed E-state index contributed by atoms with van der Waals surface area (Å²) in [6, 6.07) is 3.70. The van der Waals surface area contributed by atoms with Gasteiger partial charge in [-0.05, 0) is 36.8 Å². The Hall–Kier alpha value is -3.46. The van der Waals surface area contributed by atoms with Gasteiger partial charge in [-0.2, -0.15) is 0 Å². The molecule has 0 fully saturated rings. The van der Waals surface area contributed by atoms with E-state index in [1.807, 2.05) is 6.92 Å². The molecule has 2 aromatic heterocycles. The number of fused-ring (bicyclic) bond motifs is 1. The summed E-state index contributed by atoms with van der Waals surface area (Å²) in [5.41, 5.74) is 11.7. The molecule has 1 aliphatic rings. The maximum atomic E-state index is 14.7. The second kappa shape index (κ2) is 6.06. The molecule has 1 atom stereocenters. The maximum Gasteiger partial charge on any atom is 0.198 e. The van der Waals surface area contributed by atoms with Gasteiger partial charge < -0.3 is 20.8 Å². The van der Waals surface area contributed by atoms with E-state index in [-0.39, 0.29) is 17.3 Å². The van der Waals surface area contributed by atoms with Crippen molar-refractivity contribution in [1.82, 2.24) is 15.3 Å². The van der Waals surface area contributed by atoms with Crippen LogP contribution in [0.25, 0.3) is 11.0 Å². The number of nitrogens with one attached hydrogen (secondary N) is 2. The molecule has 27 heavy (non-hydrogen) atoms. The number of hydrogen-bond acceptors (Lipinski definition) is 6. The number of nitrogens with two attached hydrogens (primary N) is 2. The van der Waals surface area contributed by atoms with Crippen LogP contribution in [0.5, 0.6) is 11.5 Å². The number of aryl methyl sites for hydroxylation is 1. The number of aromatic nitrogens is 2. The predicted molar refractivity (Wildman–Crippen MR) is 97.0 cm³/mol. The van der Waals surface area contributed by atoms with Crippen LogP contribution in [0.15, 0.2) is 47.9 Å². The molecule has 1 unspecified atom stereocenters. The summed E-state index contributed by atoms with van der Waals surface area (Å²) >= 11 is 0. The first-order valence-corrected chi connectivity index (χ1v) is 8.06. The zero-order valence-electron chi connectivity index (χ0n) is 14.3. The molecular formula is C18H16F2N6O. The standard InChI is InChI=1S/C18H16F2N6O/c1-9-8-25-16-14(9)13(2-4-23-16)27-15-11(19)6-10(7-12(15)20)18(22)3-5-24-17(21)26-18/h2-8H,22H2,1H3,(H,23,25)(H3,21,24,26). The van der Waals surface area contributed by atoms with Gasteiger partial charge in [0.05, 0.1) is 5.39 Å². The summed E-state index contributed by atoms with van der Waals surface area (Å²) in [6.07, 6.45) is 6.15. The number of benzene rings is 1. The lowest BCUT2D eigenvalue weighted by Gasteiger charge is -2.26. The van der Waals surface area contributed by atoms with Crippen LogP contribution < -0.4 is 21.5 Å². The molecule has 1 aliphatic heterocycles. The van der Waals surface area contributed by atoms with Gasteiger partial charge in [-0.25, -0.2) is 18.8 Å². The molecule has 0 bridgehead atoms. The maximum absolute atomic E-state index is 14.7. The lowest BCUT2D eigenvalue weighted by Crippen LogP contribution is -2.42. The van der Waals surface area contributed by atoms with Crippen molar-refractivity contribution in [2.75, 3.05) is 0 Å². The highest BCUT2D eigenvalue weighted by molar-refractivity contribution is 5.86. The van der Waals surface area contributed by atoms with Crippen LogP contribution in [0.3, 0.4) is 0 Å². The van der Waals surface area contributed by atoms with Gasteiger partial charge in [-0.1, -0.05) is 0 Å². The highest BCUT2D eigenvalue weighted by Gasteiger charge is 2.29. The van der Waals surface area contributed by atoms with Gasteiger partial charge in [-0.3, -0.25) is 5.73 Å². The number of aliphatic imine (C=N–C) groups is 1. The van der Waals surface area contributed by atoms with E-state index in [0.717, 1.165) is 17.7 Å². The van der Waals surface area contributed by atoms with Crippen LogP contribution in [-0.4, -0.2) is 15.9 Å². The number of aromatic amines is 1. The summed E-state index contributed by atoms with van der Waals surface area (Å²) in [4.78, 5) is 11.1. The molecule has 0 radical (unpaired) electrons. The molecule has 3 aromatic rings. The van der Waals surface area contributed by atoms with Crippen LogP contribution in [0, 0.1) is 18.6 Å². The largest absolute Gasteiger partial charge is 0.450 e. The average molecular weight is 370 g/mol. The van der Waals surface area contributed by atoms with Crippen molar-refractivity contribution < 1.29 is 13.5 Å². The third-order valence-electron chi connectivity index (χ3n) is 4.28. The van der Waals surface area contributed by atoms with Crippen LogP contribution in [0.1, 0.15) is 11.1 Å². The van der Waals surface area contributed by atoms with E-state index in [1.165, 1.54) is 18.5 Å². The number of rotatable bonds is 3. The predicted octanol–water partition coefficient (Wildman–Crippen LogP) is 2.48. The number of nitrogens with zero attached hydrogens (tertiary/aromatic N) is 2. The van der Waals surface area contributed by atoms with E-state index < -0.39 is 23.0 Å². The second-order valence-electron chi connectivity index (χ2n) is 6.18. The van der Waals surface area contributed by atoms with Crippen LogP contribution in [0.2, 0.25) is 0 Å². The number of hydrogen-bond donors (Lipinski definition) is 4. The Labute approximate surface area is 152 Å². The molecule has 0 saturated carbocycles. The highest BCUT2D eigenvalue weighted by Crippen LogP contribution is 2.36. The first-order valence-electron chi connectivity index (χ1n) is 8.06. The van der Waals surface area contributed by atoms with E-state index >= 15 is 0 Å². The summed E-state index contributed by atoms with van der Waals surface area (Å²) < 4.78 is 34.9. The van der Waals surface area contributed by atoms with E-state index in [2.05, 4.69) is 20.3 Å². The fourth-order valence-electron chi connectivity index (χ4n) is 2.95. The van der Waals surface area contributed by atoms with Crippen molar-refractivity contribution in [3.63, 3.8) is 0 Å². The highest BCUT2D eigenvalue weighted by atomic mass is 19.1. The second-order valence-corrected chi connectivity index (χ2v) is 6.18. The smallest absolute Gasteiger partial charge is 0.198 e. The van der Waals surface area contributed by atoms with Gasteiger partial charge in [0.1, 0.15) is 11.4 Å². The third-order valence-corrected chi connectivity index (χ3v) is 4.28. The van der Waals surface area contributed by atoms with Gasteiger partial charge >= 0.3 is 0 Å². The number of ether oxygens (including phenoxy) is 1. The number of guanidine groups is 1. The molecule has 0 saturated heterocycles. The summed E-state index contributed by atoms with van der Waals surface area (Å²) in [7, 11) is 0. The van der Waals surface area contributed by atoms with Gasteiger partial charge in [0, 0.05) is 24.2 Å². The number of H-pyrrole nitrogens is 1. The van der Waals surface area contributed by atoms with Gasteiger partial charge in [0.25, 0.3) is 0 Å². The van der Waals surface area contributed by atoms with Crippen LogP contribution in [-0.2, 0) is 5.66 Å². The van der Waals surface area contributed by atoms with E-state index in [9.17, 15) is 8.78 Å². The minimum Gasteiger partial charge on any atom is -0.450 e. The minimum absolute atomic E-state index is 0.0447. The van der Waals surface area contributed by atoms with Crippen LogP contribution >= 0.6 is 0 Å². The Morgan fingerprint density at radius 3 is 2.67 bits per heavy atom. The SMILES string of the molecule is Cc1c[nH]c2nccc(Oc3c(F)cc(C4(N)C=CNC(N)=N4)cc3F)c12. The summed E-state index contributed by atoms with van der Waals surface area (Å²) in [6.45, 7) is 1.84. The van der Waals surface area contributed by atoms with Gasteiger partial charge in [0.2, 0.25) is 0 Å². The molecule has 0 amide bonds. The Morgan fingerprint density at radius 2 is 1.96 bits per heavy atom. The van der Waals surface area contributed by atoms with Crippen molar-refractivity contribution in [2.24, 2.45) is 16.5 Å². The zero-order chi connectivity index (χ0) is 19.2. The number of pyridine rings is 1. The first kappa shape index (κ1) is 17.0. The fraction of sp³-hybridized carbons (Fsp3) is 0.111. The Morgan fingerprint density at radius 1 is 1.22 bits per heavy atom. The minimum atomic E-state index is -1.48. The van der Waals surface area contributed by atoms with Gasteiger partial charge in [0.15, 0.2) is 29.0 Å². The van der Waals surface area contributed by atoms with Crippen molar-refractivity contribution in [3.8, 4) is 11.5 Å². The molecule has 9 heteroatoms. The van der Waals surface area contributed by atoms with E-state index in [1.54, 1.807) is 12.3 Å². The van der Waals surface area contributed by atoms with Gasteiger partial charge in [-0.15, -0.1) is 0 Å². The summed E-state index contributed by atoms with van der Waals surface area (Å²) in [5, 5.41) is 3.29. The Balaban J connectivity index is 1.76. The quantitative estimate of drug-likeness (QED) is 0.566. The van der Waals surface area contributed by atoms with Crippen molar-refractivity contribution in [2.45, 2.75) is 12.6 Å². The summed E-state index contributed by atoms with van der Waals surface area (Å²) in [5.74, 6) is -2.02. The molecular weight excluding hydrogens is 354 g/mol. The molecule has 6 N–H and O–H groups in total. The van der Waals surface area contributed by atoms with E-state index in [0.29, 0.717) is 11.0 Å². The lowest BCUT2D eigenvalue weighted by atomic mass is 9.99. The molecule has 3 heterocycles. The van der Waals surface area contributed by atoms with Crippen molar-refractivity contribution in [1.29, 1.82) is 0 Å². The van der Waals surface area contributed by atoms with E-state index in [4.69, 9.17) is 16.2 Å². The Bertz CT molecular complexity index is 1080. The van der Waals surface area contributed by atoms with Crippen molar-refractivity contribution in [3.05, 3.63) is 65.6 Å². The average Bonchev–Trinajstić information content (AvgIpc) is 3.00.